The highest BCUT2D eigenvalue weighted by Crippen LogP contribution is 2.16. The van der Waals surface area contributed by atoms with Gasteiger partial charge in [0.2, 0.25) is 5.91 Å². The number of ether oxygens (including phenoxy) is 1. The second-order valence-electron chi connectivity index (χ2n) is 4.89. The van der Waals surface area contributed by atoms with Gasteiger partial charge in [-0.15, -0.1) is 0 Å². The van der Waals surface area contributed by atoms with Crippen LogP contribution in [-0.4, -0.2) is 30.8 Å². The number of amides is 3. The van der Waals surface area contributed by atoms with Crippen molar-refractivity contribution >= 4 is 35.1 Å². The molecule has 0 saturated carbocycles. The van der Waals surface area contributed by atoms with Crippen molar-refractivity contribution in [3.05, 3.63) is 59.7 Å². The Morgan fingerprint density at radius 2 is 1.48 bits per heavy atom. The fraction of sp³-hybridized carbons (Fsp3) is 0.0588. The van der Waals surface area contributed by atoms with Gasteiger partial charge < -0.3 is 21.1 Å². The number of primary amides is 1. The van der Waals surface area contributed by atoms with Crippen molar-refractivity contribution in [1.29, 1.82) is 0 Å². The molecule has 0 heterocycles. The summed E-state index contributed by atoms with van der Waals surface area (Å²) in [4.78, 5) is 46.6. The third kappa shape index (κ3) is 4.41. The van der Waals surface area contributed by atoms with Crippen LogP contribution in [0.3, 0.4) is 0 Å². The summed E-state index contributed by atoms with van der Waals surface area (Å²) in [6, 6.07) is 11.8. The molecule has 2 aromatic rings. The SMILES string of the molecule is COC(=O)c1ccccc1NC(=O)C(=O)Nc1ccc(C(N)=O)cc1. The average molecular weight is 341 g/mol. The van der Waals surface area contributed by atoms with Gasteiger partial charge in [-0.3, -0.25) is 14.4 Å². The molecule has 0 aromatic heterocycles. The highest BCUT2D eigenvalue weighted by atomic mass is 16.5. The summed E-state index contributed by atoms with van der Waals surface area (Å²) in [6.45, 7) is 0. The van der Waals surface area contributed by atoms with E-state index < -0.39 is 23.7 Å². The van der Waals surface area contributed by atoms with Crippen molar-refractivity contribution in [2.75, 3.05) is 17.7 Å². The number of nitrogens with two attached hydrogens (primary N) is 1. The Morgan fingerprint density at radius 3 is 2.08 bits per heavy atom. The summed E-state index contributed by atoms with van der Waals surface area (Å²) in [7, 11) is 1.21. The van der Waals surface area contributed by atoms with Crippen molar-refractivity contribution in [3.8, 4) is 0 Å². The Kier molecular flexibility index (Phi) is 5.47. The van der Waals surface area contributed by atoms with E-state index in [-0.39, 0.29) is 16.8 Å². The predicted molar refractivity (Wildman–Crippen MR) is 90.0 cm³/mol. The van der Waals surface area contributed by atoms with E-state index in [1.54, 1.807) is 12.1 Å². The molecule has 0 fully saturated rings. The number of para-hydroxylation sites is 1. The highest BCUT2D eigenvalue weighted by molar-refractivity contribution is 6.44. The molecule has 128 valence electrons. The van der Waals surface area contributed by atoms with Gasteiger partial charge in [-0.25, -0.2) is 4.79 Å². The van der Waals surface area contributed by atoms with E-state index in [1.807, 2.05) is 0 Å². The summed E-state index contributed by atoms with van der Waals surface area (Å²) < 4.78 is 4.62. The lowest BCUT2D eigenvalue weighted by Gasteiger charge is -2.10. The van der Waals surface area contributed by atoms with E-state index in [9.17, 15) is 19.2 Å². The maximum atomic E-state index is 12.0. The van der Waals surface area contributed by atoms with Gasteiger partial charge in [0.05, 0.1) is 18.4 Å². The first-order chi connectivity index (χ1) is 11.9. The van der Waals surface area contributed by atoms with E-state index >= 15 is 0 Å². The molecule has 0 aliphatic carbocycles. The van der Waals surface area contributed by atoms with Gasteiger partial charge in [-0.05, 0) is 36.4 Å². The van der Waals surface area contributed by atoms with Crippen LogP contribution < -0.4 is 16.4 Å². The van der Waals surface area contributed by atoms with Crippen LogP contribution in [0.5, 0.6) is 0 Å². The number of nitrogens with one attached hydrogen (secondary N) is 2. The first-order valence-corrected chi connectivity index (χ1v) is 7.12. The smallest absolute Gasteiger partial charge is 0.339 e. The van der Waals surface area contributed by atoms with Gasteiger partial charge in [0, 0.05) is 11.3 Å². The normalized spacial score (nSPS) is 9.80. The fourth-order valence-corrected chi connectivity index (χ4v) is 1.96. The Labute approximate surface area is 143 Å². The number of hydrogen-bond acceptors (Lipinski definition) is 5. The number of methoxy groups -OCH3 is 1. The molecule has 2 rings (SSSR count). The van der Waals surface area contributed by atoms with E-state index in [2.05, 4.69) is 15.4 Å². The quantitative estimate of drug-likeness (QED) is 0.568. The number of benzene rings is 2. The molecule has 0 atom stereocenters. The summed E-state index contributed by atoms with van der Waals surface area (Å²) in [5.41, 5.74) is 5.98. The zero-order valence-corrected chi connectivity index (χ0v) is 13.2. The van der Waals surface area contributed by atoms with Gasteiger partial charge in [0.1, 0.15) is 0 Å². The van der Waals surface area contributed by atoms with Crippen LogP contribution in [0.15, 0.2) is 48.5 Å². The molecule has 25 heavy (non-hydrogen) atoms. The largest absolute Gasteiger partial charge is 0.465 e. The lowest BCUT2D eigenvalue weighted by Crippen LogP contribution is -2.29. The van der Waals surface area contributed by atoms with E-state index in [4.69, 9.17) is 5.73 Å². The fourth-order valence-electron chi connectivity index (χ4n) is 1.96. The second kappa shape index (κ2) is 7.73. The monoisotopic (exact) mass is 341 g/mol. The molecular weight excluding hydrogens is 326 g/mol. The molecule has 0 unspecified atom stereocenters. The number of rotatable bonds is 4. The number of anilines is 2. The van der Waals surface area contributed by atoms with Gasteiger partial charge in [-0.2, -0.15) is 0 Å². The summed E-state index contributed by atoms with van der Waals surface area (Å²) in [5.74, 6) is -3.14. The molecule has 8 nitrogen and oxygen atoms in total. The standard InChI is InChI=1S/C17H15N3O5/c1-25-17(24)12-4-2-3-5-13(12)20-16(23)15(22)19-11-8-6-10(7-9-11)14(18)21/h2-9H,1H3,(H2,18,21)(H,19,22)(H,20,23). The zero-order valence-electron chi connectivity index (χ0n) is 13.2. The zero-order chi connectivity index (χ0) is 18.4. The Hall–Kier alpha value is -3.68. The Morgan fingerprint density at radius 1 is 0.880 bits per heavy atom. The first-order valence-electron chi connectivity index (χ1n) is 7.12. The lowest BCUT2D eigenvalue weighted by molar-refractivity contribution is -0.133. The minimum absolute atomic E-state index is 0.122. The molecule has 0 radical (unpaired) electrons. The summed E-state index contributed by atoms with van der Waals surface area (Å²) in [6.07, 6.45) is 0. The molecule has 0 bridgehead atoms. The lowest BCUT2D eigenvalue weighted by atomic mass is 10.1. The maximum Gasteiger partial charge on any atom is 0.339 e. The van der Waals surface area contributed by atoms with Gasteiger partial charge >= 0.3 is 17.8 Å². The van der Waals surface area contributed by atoms with Crippen LogP contribution >= 0.6 is 0 Å². The minimum Gasteiger partial charge on any atom is -0.465 e. The van der Waals surface area contributed by atoms with E-state index in [0.717, 1.165) is 0 Å². The molecule has 2 aromatic carbocycles. The van der Waals surface area contributed by atoms with Crippen molar-refractivity contribution in [3.63, 3.8) is 0 Å². The van der Waals surface area contributed by atoms with Crippen LogP contribution in [0.1, 0.15) is 20.7 Å². The molecule has 0 aliphatic rings. The van der Waals surface area contributed by atoms with E-state index in [1.165, 1.54) is 43.5 Å². The minimum atomic E-state index is -0.963. The highest BCUT2D eigenvalue weighted by Gasteiger charge is 2.18. The molecular formula is C17H15N3O5. The van der Waals surface area contributed by atoms with Crippen LogP contribution in [0, 0.1) is 0 Å². The van der Waals surface area contributed by atoms with E-state index in [0.29, 0.717) is 5.69 Å². The van der Waals surface area contributed by atoms with Gasteiger partial charge in [0.25, 0.3) is 0 Å². The number of esters is 1. The molecule has 4 N–H and O–H groups in total. The van der Waals surface area contributed by atoms with Crippen molar-refractivity contribution in [2.24, 2.45) is 5.73 Å². The maximum absolute atomic E-state index is 12.0. The Balaban J connectivity index is 2.07. The van der Waals surface area contributed by atoms with Gasteiger partial charge in [-0.1, -0.05) is 12.1 Å². The summed E-state index contributed by atoms with van der Waals surface area (Å²) in [5, 5.41) is 4.72. The number of hydrogen-bond donors (Lipinski definition) is 3. The topological polar surface area (TPSA) is 128 Å². The molecule has 3 amide bonds. The van der Waals surface area contributed by atoms with Crippen LogP contribution in [-0.2, 0) is 14.3 Å². The third-order valence-corrected chi connectivity index (χ3v) is 3.21. The predicted octanol–water partition coefficient (Wildman–Crippen LogP) is 1.15. The number of carbonyl (C=O) groups excluding carboxylic acids is 4. The summed E-state index contributed by atoms with van der Waals surface area (Å²) >= 11 is 0. The molecule has 0 saturated heterocycles. The van der Waals surface area contributed by atoms with Crippen molar-refractivity contribution in [2.45, 2.75) is 0 Å². The first kappa shape index (κ1) is 17.7. The average Bonchev–Trinajstić information content (AvgIpc) is 2.61. The van der Waals surface area contributed by atoms with Crippen LogP contribution in [0.25, 0.3) is 0 Å². The number of carbonyl (C=O) groups is 4. The van der Waals surface area contributed by atoms with Crippen molar-refractivity contribution in [1.82, 2.24) is 0 Å². The molecule has 0 aliphatic heterocycles. The van der Waals surface area contributed by atoms with Crippen LogP contribution in [0.2, 0.25) is 0 Å². The van der Waals surface area contributed by atoms with Crippen LogP contribution in [0.4, 0.5) is 11.4 Å². The Bertz CT molecular complexity index is 830. The second-order valence-corrected chi connectivity index (χ2v) is 4.89. The molecule has 8 heteroatoms. The molecule has 0 spiro atoms. The van der Waals surface area contributed by atoms with Crippen molar-refractivity contribution < 1.29 is 23.9 Å². The van der Waals surface area contributed by atoms with Gasteiger partial charge in [0.15, 0.2) is 0 Å². The third-order valence-electron chi connectivity index (χ3n) is 3.21.